The first kappa shape index (κ1) is 24.9. The maximum Gasteiger partial charge on any atom is 0.329 e. The second-order valence-electron chi connectivity index (χ2n) is 5.66. The number of unbranched alkanes of at least 4 members (excludes halogenated alkanes) is 2. The second kappa shape index (κ2) is 18.0. The molecule has 0 aliphatic carbocycles. The van der Waals surface area contributed by atoms with Crippen molar-refractivity contribution in [1.82, 2.24) is 0 Å². The van der Waals surface area contributed by atoms with E-state index in [0.717, 1.165) is 12.8 Å². The fraction of sp³-hybridized carbons (Fsp3) is 1.00. The van der Waals surface area contributed by atoms with Crippen molar-refractivity contribution in [3.05, 3.63) is 0 Å². The van der Waals surface area contributed by atoms with Gasteiger partial charge in [0.15, 0.2) is 0 Å². The van der Waals surface area contributed by atoms with Crippen molar-refractivity contribution in [1.29, 1.82) is 0 Å². The summed E-state index contributed by atoms with van der Waals surface area (Å²) in [6.07, 6.45) is 9.50. The molecule has 1 N–H and O–H groups in total. The van der Waals surface area contributed by atoms with Crippen LogP contribution in [0.2, 0.25) is 0 Å². The molecule has 0 amide bonds. The van der Waals surface area contributed by atoms with Gasteiger partial charge in [0.25, 0.3) is 0 Å². The summed E-state index contributed by atoms with van der Waals surface area (Å²) in [5.74, 6) is 1.11. The first-order chi connectivity index (χ1) is 9.67. The summed E-state index contributed by atoms with van der Waals surface area (Å²) in [7, 11) is -1.69. The van der Waals surface area contributed by atoms with Crippen molar-refractivity contribution in [3.8, 4) is 0 Å². The summed E-state index contributed by atoms with van der Waals surface area (Å²) in [6, 6.07) is 0. The van der Waals surface area contributed by atoms with Crippen molar-refractivity contribution in [3.63, 3.8) is 0 Å². The summed E-state index contributed by atoms with van der Waals surface area (Å²) in [5.41, 5.74) is 0. The van der Waals surface area contributed by atoms with Gasteiger partial charge in [-0.05, 0) is 24.7 Å². The third-order valence-electron chi connectivity index (χ3n) is 3.93. The van der Waals surface area contributed by atoms with Crippen LogP contribution in [-0.4, -0.2) is 18.1 Å². The smallest absolute Gasteiger partial charge is 0.328 e. The molecule has 0 bridgehead atoms. The van der Waals surface area contributed by atoms with Gasteiger partial charge < -0.3 is 13.9 Å². The Labute approximate surface area is 166 Å². The SMILES string of the molecule is CCCCC(CC)COP(O)OCC(CC)CCCC.[Nd]. The first-order valence-electron chi connectivity index (χ1n) is 8.42. The topological polar surface area (TPSA) is 38.7 Å². The van der Waals surface area contributed by atoms with Crippen LogP contribution < -0.4 is 0 Å². The summed E-state index contributed by atoms with van der Waals surface area (Å²) in [5, 5.41) is 0. The molecule has 0 radical (unpaired) electrons. The average molecular weight is 451 g/mol. The van der Waals surface area contributed by atoms with E-state index in [1.807, 2.05) is 0 Å². The van der Waals surface area contributed by atoms with Gasteiger partial charge in [-0.3, -0.25) is 0 Å². The van der Waals surface area contributed by atoms with Gasteiger partial charge in [-0.2, -0.15) is 0 Å². The number of rotatable bonds is 14. The Morgan fingerprint density at radius 3 is 1.48 bits per heavy atom. The van der Waals surface area contributed by atoms with E-state index in [-0.39, 0.29) is 40.8 Å². The molecule has 0 aromatic heterocycles. The minimum Gasteiger partial charge on any atom is -0.328 e. The van der Waals surface area contributed by atoms with Gasteiger partial charge in [0.05, 0.1) is 13.2 Å². The maximum absolute atomic E-state index is 9.81. The molecule has 0 spiro atoms. The molecule has 0 saturated carbocycles. The third-order valence-corrected chi connectivity index (χ3v) is 4.67. The van der Waals surface area contributed by atoms with Crippen LogP contribution in [0.4, 0.5) is 0 Å². The normalized spacial score (nSPS) is 15.3. The molecule has 0 aromatic rings. The van der Waals surface area contributed by atoms with E-state index in [2.05, 4.69) is 27.7 Å². The van der Waals surface area contributed by atoms with Gasteiger partial charge in [-0.1, -0.05) is 66.2 Å². The predicted molar refractivity (Wildman–Crippen MR) is 87.7 cm³/mol. The predicted octanol–water partition coefficient (Wildman–Crippen LogP) is 5.67. The van der Waals surface area contributed by atoms with Crippen molar-refractivity contribution >= 4 is 8.60 Å². The molecule has 3 nitrogen and oxygen atoms in total. The molecule has 0 fully saturated rings. The molecule has 0 aromatic carbocycles. The molecule has 2 atom stereocenters. The van der Waals surface area contributed by atoms with Crippen molar-refractivity contribution < 1.29 is 54.8 Å². The minimum atomic E-state index is -1.69. The molecular weight excluding hydrogens is 415 g/mol. The molecule has 2 unspecified atom stereocenters. The van der Waals surface area contributed by atoms with Crippen molar-refractivity contribution in [2.24, 2.45) is 11.8 Å². The van der Waals surface area contributed by atoms with Crippen LogP contribution in [0.1, 0.15) is 79.1 Å². The molecule has 21 heavy (non-hydrogen) atoms. The monoisotopic (exact) mass is 448 g/mol. The first-order valence-corrected chi connectivity index (χ1v) is 9.55. The average Bonchev–Trinajstić information content (AvgIpc) is 2.47. The number of hydrogen-bond donors (Lipinski definition) is 1. The van der Waals surface area contributed by atoms with Crippen LogP contribution >= 0.6 is 8.60 Å². The van der Waals surface area contributed by atoms with Gasteiger partial charge in [-0.25, -0.2) is 0 Å². The van der Waals surface area contributed by atoms with Crippen molar-refractivity contribution in [2.75, 3.05) is 13.2 Å². The van der Waals surface area contributed by atoms with Crippen molar-refractivity contribution in [2.45, 2.75) is 79.1 Å². The van der Waals surface area contributed by atoms with E-state index in [4.69, 9.17) is 9.05 Å². The summed E-state index contributed by atoms with van der Waals surface area (Å²) in [6.45, 7) is 10.0. The fourth-order valence-electron chi connectivity index (χ4n) is 2.17. The Kier molecular flexibility index (Phi) is 21.4. The van der Waals surface area contributed by atoms with E-state index in [9.17, 15) is 4.89 Å². The molecule has 0 rings (SSSR count). The van der Waals surface area contributed by atoms with E-state index >= 15 is 0 Å². The molecular formula is C16H35NdO3P. The van der Waals surface area contributed by atoms with Crippen LogP contribution in [0.5, 0.6) is 0 Å². The standard InChI is InChI=1S/C16H35O3P.Nd/c1-5-9-11-15(7-3)13-18-20(17)19-14-16(8-4)12-10-6-2;/h15-17H,5-14H2,1-4H3;. The van der Waals surface area contributed by atoms with E-state index in [1.54, 1.807) is 0 Å². The Balaban J connectivity index is 0. The zero-order valence-electron chi connectivity index (χ0n) is 14.4. The summed E-state index contributed by atoms with van der Waals surface area (Å²) in [4.78, 5) is 9.81. The zero-order chi connectivity index (χ0) is 15.2. The molecule has 126 valence electrons. The van der Waals surface area contributed by atoms with Gasteiger partial charge in [0, 0.05) is 40.8 Å². The molecule has 0 aliphatic heterocycles. The largest absolute Gasteiger partial charge is 0.329 e. The van der Waals surface area contributed by atoms with Crippen LogP contribution in [0.15, 0.2) is 0 Å². The van der Waals surface area contributed by atoms with Crippen LogP contribution in [0.3, 0.4) is 0 Å². The molecule has 5 heteroatoms. The van der Waals surface area contributed by atoms with Gasteiger partial charge >= 0.3 is 8.60 Å². The van der Waals surface area contributed by atoms with Gasteiger partial charge in [0.2, 0.25) is 0 Å². The van der Waals surface area contributed by atoms with Gasteiger partial charge in [-0.15, -0.1) is 0 Å². The van der Waals surface area contributed by atoms with Gasteiger partial charge in [0.1, 0.15) is 0 Å². The minimum absolute atomic E-state index is 0. The van der Waals surface area contributed by atoms with Crippen LogP contribution in [-0.2, 0) is 9.05 Å². The summed E-state index contributed by atoms with van der Waals surface area (Å²) < 4.78 is 11.0. The molecule has 0 saturated heterocycles. The Hall–Kier alpha value is 1.66. The maximum atomic E-state index is 9.81. The third kappa shape index (κ3) is 15.0. The van der Waals surface area contributed by atoms with E-state index in [1.165, 1.54) is 38.5 Å². The van der Waals surface area contributed by atoms with Crippen LogP contribution in [0.25, 0.3) is 0 Å². The zero-order valence-corrected chi connectivity index (χ0v) is 18.5. The number of hydrogen-bond acceptors (Lipinski definition) is 3. The summed E-state index contributed by atoms with van der Waals surface area (Å²) >= 11 is 0. The van der Waals surface area contributed by atoms with E-state index < -0.39 is 8.60 Å². The fourth-order valence-corrected chi connectivity index (χ4v) is 2.92. The Morgan fingerprint density at radius 1 is 0.810 bits per heavy atom. The second-order valence-corrected chi connectivity index (χ2v) is 6.65. The Bertz CT molecular complexity index is 188. The van der Waals surface area contributed by atoms with Crippen LogP contribution in [0, 0.1) is 52.7 Å². The van der Waals surface area contributed by atoms with E-state index in [0.29, 0.717) is 25.0 Å². The molecule has 0 aliphatic rings. The molecule has 0 heterocycles. The quantitative estimate of drug-likeness (QED) is 0.347. The Morgan fingerprint density at radius 2 is 1.19 bits per heavy atom.